The normalized spacial score (nSPS) is 17.4. The topological polar surface area (TPSA) is 64.2 Å². The summed E-state index contributed by atoms with van der Waals surface area (Å²) in [6.07, 6.45) is 7.87. The summed E-state index contributed by atoms with van der Waals surface area (Å²) < 4.78 is 7.10. The van der Waals surface area contributed by atoms with E-state index in [0.717, 1.165) is 31.4 Å². The average molecular weight is 328 g/mol. The molecule has 0 spiro atoms. The van der Waals surface area contributed by atoms with Crippen LogP contribution in [0.2, 0.25) is 0 Å². The highest BCUT2D eigenvalue weighted by molar-refractivity contribution is 5.92. The van der Waals surface area contributed by atoms with Crippen molar-refractivity contribution in [2.75, 3.05) is 0 Å². The maximum atomic E-state index is 13.0. The molecule has 2 aromatic rings. The Morgan fingerprint density at radius 2 is 2.12 bits per heavy atom. The lowest BCUT2D eigenvalue weighted by Crippen LogP contribution is -2.38. The summed E-state index contributed by atoms with van der Waals surface area (Å²) in [4.78, 5) is 15.0. The molecular weight excluding hydrogens is 304 g/mol. The minimum absolute atomic E-state index is 0.0313. The molecule has 128 valence electrons. The molecule has 6 nitrogen and oxygen atoms in total. The van der Waals surface area contributed by atoms with Crippen LogP contribution in [0.4, 0.5) is 0 Å². The second-order valence-corrected chi connectivity index (χ2v) is 7.04. The van der Waals surface area contributed by atoms with Crippen LogP contribution in [0.5, 0.6) is 0 Å². The van der Waals surface area contributed by atoms with E-state index in [1.54, 1.807) is 6.07 Å². The van der Waals surface area contributed by atoms with Crippen molar-refractivity contribution in [2.45, 2.75) is 64.5 Å². The van der Waals surface area contributed by atoms with Crippen LogP contribution in [0.25, 0.3) is 0 Å². The minimum atomic E-state index is -0.0313. The highest BCUT2D eigenvalue weighted by atomic mass is 16.5. The van der Waals surface area contributed by atoms with Gasteiger partial charge in [0.05, 0.1) is 12.2 Å². The smallest absolute Gasteiger partial charge is 0.276 e. The predicted molar refractivity (Wildman–Crippen MR) is 88.6 cm³/mol. The van der Waals surface area contributed by atoms with Crippen molar-refractivity contribution >= 4 is 5.91 Å². The van der Waals surface area contributed by atoms with E-state index in [9.17, 15) is 4.79 Å². The SMILES string of the molecule is Cc1cc(C(=O)N(Cc2nn(C)c3c2CCC3)C2CCCC2)no1. The maximum absolute atomic E-state index is 13.0. The number of hydrogen-bond donors (Lipinski definition) is 0. The number of carbonyl (C=O) groups excluding carboxylic acids is 1. The van der Waals surface area contributed by atoms with Gasteiger partial charge in [-0.2, -0.15) is 5.10 Å². The fraction of sp³-hybridized carbons (Fsp3) is 0.611. The van der Waals surface area contributed by atoms with Crippen molar-refractivity contribution in [3.05, 3.63) is 34.5 Å². The van der Waals surface area contributed by atoms with Crippen LogP contribution in [0.3, 0.4) is 0 Å². The van der Waals surface area contributed by atoms with Gasteiger partial charge in [-0.25, -0.2) is 0 Å². The molecule has 0 saturated heterocycles. The summed E-state index contributed by atoms with van der Waals surface area (Å²) in [5.41, 5.74) is 4.16. The fourth-order valence-electron chi connectivity index (χ4n) is 4.18. The van der Waals surface area contributed by atoms with Crippen LogP contribution in [0.1, 0.15) is 65.3 Å². The molecule has 2 aliphatic rings. The van der Waals surface area contributed by atoms with Crippen LogP contribution in [-0.2, 0) is 26.4 Å². The molecule has 24 heavy (non-hydrogen) atoms. The Balaban J connectivity index is 1.63. The minimum Gasteiger partial charge on any atom is -0.361 e. The molecule has 2 aromatic heterocycles. The van der Waals surface area contributed by atoms with Crippen LogP contribution in [0.15, 0.2) is 10.6 Å². The Morgan fingerprint density at radius 1 is 1.33 bits per heavy atom. The number of nitrogens with zero attached hydrogens (tertiary/aromatic N) is 4. The van der Waals surface area contributed by atoms with E-state index in [1.807, 2.05) is 23.6 Å². The van der Waals surface area contributed by atoms with Crippen molar-refractivity contribution in [1.82, 2.24) is 19.8 Å². The molecule has 1 fully saturated rings. The second-order valence-electron chi connectivity index (χ2n) is 7.04. The first-order valence-corrected chi connectivity index (χ1v) is 8.91. The Kier molecular flexibility index (Phi) is 3.90. The van der Waals surface area contributed by atoms with E-state index in [4.69, 9.17) is 9.62 Å². The van der Waals surface area contributed by atoms with Gasteiger partial charge in [0.2, 0.25) is 0 Å². The van der Waals surface area contributed by atoms with Gasteiger partial charge in [-0.3, -0.25) is 9.48 Å². The Labute approximate surface area is 141 Å². The van der Waals surface area contributed by atoms with Gasteiger partial charge < -0.3 is 9.42 Å². The largest absolute Gasteiger partial charge is 0.361 e. The first-order valence-electron chi connectivity index (χ1n) is 8.91. The Bertz CT molecular complexity index is 755. The quantitative estimate of drug-likeness (QED) is 0.866. The molecule has 1 amide bonds. The summed E-state index contributed by atoms with van der Waals surface area (Å²) in [5, 5.41) is 8.64. The van der Waals surface area contributed by atoms with Crippen LogP contribution in [0, 0.1) is 6.92 Å². The third-order valence-electron chi connectivity index (χ3n) is 5.39. The summed E-state index contributed by atoms with van der Waals surface area (Å²) in [6.45, 7) is 2.40. The third-order valence-corrected chi connectivity index (χ3v) is 5.39. The van der Waals surface area contributed by atoms with Gasteiger partial charge in [0.1, 0.15) is 5.76 Å². The zero-order valence-electron chi connectivity index (χ0n) is 14.4. The number of carbonyl (C=O) groups is 1. The van der Waals surface area contributed by atoms with Crippen LogP contribution < -0.4 is 0 Å². The van der Waals surface area contributed by atoms with Gasteiger partial charge in [0.15, 0.2) is 5.69 Å². The first-order chi connectivity index (χ1) is 11.6. The fourth-order valence-corrected chi connectivity index (χ4v) is 4.18. The summed E-state index contributed by atoms with van der Waals surface area (Å²) in [6, 6.07) is 2.02. The molecule has 0 unspecified atom stereocenters. The van der Waals surface area contributed by atoms with Crippen LogP contribution in [-0.4, -0.2) is 31.8 Å². The van der Waals surface area contributed by atoms with E-state index in [1.165, 1.54) is 30.5 Å². The molecule has 0 bridgehead atoms. The molecule has 2 aliphatic carbocycles. The van der Waals surface area contributed by atoms with Crippen molar-refractivity contribution in [3.63, 3.8) is 0 Å². The molecule has 2 heterocycles. The van der Waals surface area contributed by atoms with Gasteiger partial charge in [0, 0.05) is 24.8 Å². The number of fused-ring (bicyclic) bond motifs is 1. The number of amides is 1. The third kappa shape index (κ3) is 2.64. The molecule has 0 radical (unpaired) electrons. The summed E-state index contributed by atoms with van der Waals surface area (Å²) >= 11 is 0. The molecule has 1 saturated carbocycles. The molecule has 0 atom stereocenters. The van der Waals surface area contributed by atoms with Crippen molar-refractivity contribution in [1.29, 1.82) is 0 Å². The van der Waals surface area contributed by atoms with E-state index in [2.05, 4.69) is 5.16 Å². The standard InChI is InChI=1S/C18H24N4O2/c1-12-10-15(20-24-12)18(23)22(13-6-3-4-7-13)11-16-14-8-5-9-17(14)21(2)19-16/h10,13H,3-9,11H2,1-2H3. The number of aromatic nitrogens is 3. The Hall–Kier alpha value is -2.11. The second kappa shape index (κ2) is 6.07. The lowest BCUT2D eigenvalue weighted by atomic mass is 10.1. The molecule has 0 aliphatic heterocycles. The van der Waals surface area contributed by atoms with Gasteiger partial charge in [-0.1, -0.05) is 18.0 Å². The lowest BCUT2D eigenvalue weighted by Gasteiger charge is -2.27. The van der Waals surface area contributed by atoms with Gasteiger partial charge >= 0.3 is 0 Å². The molecule has 4 rings (SSSR count). The van der Waals surface area contributed by atoms with Crippen molar-refractivity contribution < 1.29 is 9.32 Å². The van der Waals surface area contributed by atoms with Crippen LogP contribution >= 0.6 is 0 Å². The van der Waals surface area contributed by atoms with E-state index < -0.39 is 0 Å². The number of aryl methyl sites for hydroxylation is 2. The average Bonchev–Trinajstić information content (AvgIpc) is 3.32. The zero-order valence-corrected chi connectivity index (χ0v) is 14.4. The monoisotopic (exact) mass is 328 g/mol. The molecule has 0 aromatic carbocycles. The highest BCUT2D eigenvalue weighted by Crippen LogP contribution is 2.30. The van der Waals surface area contributed by atoms with E-state index >= 15 is 0 Å². The number of rotatable bonds is 4. The number of hydrogen-bond acceptors (Lipinski definition) is 4. The van der Waals surface area contributed by atoms with Gasteiger partial charge in [-0.15, -0.1) is 0 Å². The lowest BCUT2D eigenvalue weighted by molar-refractivity contribution is 0.0650. The first kappa shape index (κ1) is 15.4. The molecule has 0 N–H and O–H groups in total. The molecule has 6 heteroatoms. The van der Waals surface area contributed by atoms with Gasteiger partial charge in [0.25, 0.3) is 5.91 Å². The zero-order chi connectivity index (χ0) is 16.7. The molecular formula is C18H24N4O2. The maximum Gasteiger partial charge on any atom is 0.276 e. The summed E-state index contributed by atoms with van der Waals surface area (Å²) in [7, 11) is 2.01. The van der Waals surface area contributed by atoms with Crippen molar-refractivity contribution in [2.24, 2.45) is 7.05 Å². The predicted octanol–water partition coefficient (Wildman–Crippen LogP) is 2.79. The van der Waals surface area contributed by atoms with Crippen molar-refractivity contribution in [3.8, 4) is 0 Å². The highest BCUT2D eigenvalue weighted by Gasteiger charge is 2.31. The Morgan fingerprint density at radius 3 is 2.83 bits per heavy atom. The van der Waals surface area contributed by atoms with E-state index in [0.29, 0.717) is 18.0 Å². The summed E-state index contributed by atoms with van der Waals surface area (Å²) in [5.74, 6) is 0.639. The van der Waals surface area contributed by atoms with E-state index in [-0.39, 0.29) is 11.9 Å². The van der Waals surface area contributed by atoms with Gasteiger partial charge in [-0.05, 0) is 44.6 Å².